The van der Waals surface area contributed by atoms with Crippen LogP contribution in [0.4, 0.5) is 0 Å². The van der Waals surface area contributed by atoms with Gasteiger partial charge in [0.25, 0.3) is 0 Å². The Labute approximate surface area is 173 Å². The molecule has 5 heteroatoms. The van der Waals surface area contributed by atoms with Gasteiger partial charge in [0.2, 0.25) is 0 Å². The molecule has 0 aromatic heterocycles. The fourth-order valence-electron chi connectivity index (χ4n) is 4.41. The van der Waals surface area contributed by atoms with Crippen molar-refractivity contribution in [3.05, 3.63) is 29.3 Å². The van der Waals surface area contributed by atoms with E-state index in [4.69, 9.17) is 0 Å². The Bertz CT molecular complexity index is 731. The number of hydrogen-bond donors (Lipinski definition) is 3. The number of carbonyl (C=O) groups is 2. The first kappa shape index (κ1) is 21.7. The SMILES string of the molecule is O=C(O)C1(CCCCCCc2cc(O)cc(CCCCC3(C(=O)O)CC3)c2)CC1. The van der Waals surface area contributed by atoms with Gasteiger partial charge in [-0.15, -0.1) is 0 Å². The third kappa shape index (κ3) is 5.97. The third-order valence-electron chi connectivity index (χ3n) is 6.89. The van der Waals surface area contributed by atoms with Crippen LogP contribution in [0, 0.1) is 10.8 Å². The molecule has 0 atom stereocenters. The maximum absolute atomic E-state index is 11.2. The summed E-state index contributed by atoms with van der Waals surface area (Å²) in [5.74, 6) is -0.966. The molecule has 160 valence electrons. The van der Waals surface area contributed by atoms with E-state index in [0.29, 0.717) is 5.75 Å². The minimum Gasteiger partial charge on any atom is -0.508 e. The van der Waals surface area contributed by atoms with Crippen LogP contribution < -0.4 is 0 Å². The van der Waals surface area contributed by atoms with Gasteiger partial charge >= 0.3 is 11.9 Å². The molecule has 29 heavy (non-hydrogen) atoms. The summed E-state index contributed by atoms with van der Waals surface area (Å²) in [7, 11) is 0. The van der Waals surface area contributed by atoms with Gasteiger partial charge in [-0.2, -0.15) is 0 Å². The number of carboxylic acid groups (broad SMARTS) is 2. The van der Waals surface area contributed by atoms with E-state index in [0.717, 1.165) is 101 Å². The minimum absolute atomic E-state index is 0.304. The van der Waals surface area contributed by atoms with Gasteiger partial charge in [0.1, 0.15) is 5.75 Å². The molecule has 1 aromatic carbocycles. The highest BCUT2D eigenvalue weighted by Crippen LogP contribution is 2.50. The highest BCUT2D eigenvalue weighted by Gasteiger charge is 2.49. The van der Waals surface area contributed by atoms with Crippen LogP contribution in [0.25, 0.3) is 0 Å². The molecule has 2 fully saturated rings. The normalized spacial score (nSPS) is 18.3. The second-order valence-corrected chi connectivity index (χ2v) is 9.30. The van der Waals surface area contributed by atoms with Crippen molar-refractivity contribution < 1.29 is 24.9 Å². The van der Waals surface area contributed by atoms with E-state index in [1.54, 1.807) is 0 Å². The van der Waals surface area contributed by atoms with E-state index >= 15 is 0 Å². The molecule has 0 radical (unpaired) electrons. The molecule has 2 aliphatic carbocycles. The van der Waals surface area contributed by atoms with Crippen molar-refractivity contribution in [3.8, 4) is 5.75 Å². The van der Waals surface area contributed by atoms with E-state index in [-0.39, 0.29) is 0 Å². The lowest BCUT2D eigenvalue weighted by molar-refractivity contribution is -0.144. The predicted octanol–water partition coefficient (Wildman–Crippen LogP) is 5.33. The molecule has 0 unspecified atom stereocenters. The van der Waals surface area contributed by atoms with E-state index in [1.165, 1.54) is 0 Å². The maximum atomic E-state index is 11.2. The zero-order chi connectivity index (χ0) is 20.9. The van der Waals surface area contributed by atoms with E-state index in [9.17, 15) is 24.9 Å². The van der Waals surface area contributed by atoms with Crippen molar-refractivity contribution in [3.63, 3.8) is 0 Å². The quantitative estimate of drug-likeness (QED) is 0.366. The summed E-state index contributed by atoms with van der Waals surface area (Å²) >= 11 is 0. The second-order valence-electron chi connectivity index (χ2n) is 9.30. The molecule has 0 amide bonds. The molecule has 2 aliphatic rings. The van der Waals surface area contributed by atoms with Crippen molar-refractivity contribution in [1.29, 1.82) is 0 Å². The summed E-state index contributed by atoms with van der Waals surface area (Å²) < 4.78 is 0. The highest BCUT2D eigenvalue weighted by molar-refractivity contribution is 5.78. The summed E-state index contributed by atoms with van der Waals surface area (Å²) in [6, 6.07) is 5.80. The molecule has 0 saturated heterocycles. The van der Waals surface area contributed by atoms with Crippen LogP contribution >= 0.6 is 0 Å². The number of carboxylic acids is 2. The first-order valence-corrected chi connectivity index (χ1v) is 11.1. The van der Waals surface area contributed by atoms with Crippen LogP contribution in [0.5, 0.6) is 5.75 Å². The number of aliphatic carboxylic acids is 2. The molecule has 3 rings (SSSR count). The Kier molecular flexibility index (Phi) is 6.86. The van der Waals surface area contributed by atoms with Gasteiger partial charge in [0, 0.05) is 0 Å². The van der Waals surface area contributed by atoms with Crippen molar-refractivity contribution >= 4 is 11.9 Å². The standard InChI is InChI=1S/C24H34O5/c25-20-16-18(7-3-1-2-5-9-23(11-12-23)21(26)27)15-19(17-20)8-4-6-10-24(13-14-24)22(28)29/h15-17,25H,1-14H2,(H,26,27)(H,28,29). The van der Waals surface area contributed by atoms with Gasteiger partial charge < -0.3 is 15.3 Å². The van der Waals surface area contributed by atoms with Crippen molar-refractivity contribution in [2.24, 2.45) is 10.8 Å². The number of aromatic hydroxyl groups is 1. The lowest BCUT2D eigenvalue weighted by Crippen LogP contribution is -2.14. The molecule has 2 saturated carbocycles. The zero-order valence-electron chi connectivity index (χ0n) is 17.3. The van der Waals surface area contributed by atoms with Crippen LogP contribution in [0.2, 0.25) is 0 Å². The highest BCUT2D eigenvalue weighted by atomic mass is 16.4. The Hall–Kier alpha value is -2.04. The van der Waals surface area contributed by atoms with Gasteiger partial charge in [0.15, 0.2) is 0 Å². The molecule has 0 heterocycles. The maximum Gasteiger partial charge on any atom is 0.309 e. The number of benzene rings is 1. The number of phenols is 1. The van der Waals surface area contributed by atoms with Crippen LogP contribution in [0.15, 0.2) is 18.2 Å². The van der Waals surface area contributed by atoms with Crippen LogP contribution in [-0.4, -0.2) is 27.3 Å². The van der Waals surface area contributed by atoms with Gasteiger partial charge in [-0.05, 0) is 87.5 Å². The average Bonchev–Trinajstić information content (AvgIpc) is 3.57. The molecule has 0 bridgehead atoms. The zero-order valence-corrected chi connectivity index (χ0v) is 17.3. The Morgan fingerprint density at radius 3 is 1.55 bits per heavy atom. The van der Waals surface area contributed by atoms with Crippen molar-refractivity contribution in [2.45, 2.75) is 89.9 Å². The van der Waals surface area contributed by atoms with Crippen LogP contribution in [0.3, 0.4) is 0 Å². The molecule has 5 nitrogen and oxygen atoms in total. The summed E-state index contributed by atoms with van der Waals surface area (Å²) in [6.45, 7) is 0. The van der Waals surface area contributed by atoms with Crippen molar-refractivity contribution in [2.75, 3.05) is 0 Å². The van der Waals surface area contributed by atoms with Crippen molar-refractivity contribution in [1.82, 2.24) is 0 Å². The molecule has 0 aliphatic heterocycles. The number of phenolic OH excluding ortho intramolecular Hbond substituents is 1. The molecule has 1 aromatic rings. The largest absolute Gasteiger partial charge is 0.508 e. The van der Waals surface area contributed by atoms with Gasteiger partial charge in [-0.3, -0.25) is 9.59 Å². The minimum atomic E-state index is -0.646. The molecule has 0 spiro atoms. The van der Waals surface area contributed by atoms with E-state index < -0.39 is 22.8 Å². The Balaban J connectivity index is 1.33. The number of unbranched alkanes of at least 4 members (excludes halogenated alkanes) is 4. The number of rotatable bonds is 14. The fourth-order valence-corrected chi connectivity index (χ4v) is 4.41. The number of aryl methyl sites for hydroxylation is 2. The first-order chi connectivity index (χ1) is 13.9. The molecular weight excluding hydrogens is 368 g/mol. The molecule has 3 N–H and O–H groups in total. The smallest absolute Gasteiger partial charge is 0.309 e. The third-order valence-corrected chi connectivity index (χ3v) is 6.89. The second kappa shape index (κ2) is 9.19. The van der Waals surface area contributed by atoms with E-state index in [2.05, 4.69) is 6.07 Å². The lowest BCUT2D eigenvalue weighted by atomic mass is 9.95. The predicted molar refractivity (Wildman–Crippen MR) is 111 cm³/mol. The van der Waals surface area contributed by atoms with Gasteiger partial charge in [-0.25, -0.2) is 0 Å². The Morgan fingerprint density at radius 1 is 0.690 bits per heavy atom. The number of hydrogen-bond acceptors (Lipinski definition) is 3. The van der Waals surface area contributed by atoms with E-state index in [1.807, 2.05) is 12.1 Å². The van der Waals surface area contributed by atoms with Gasteiger partial charge in [0.05, 0.1) is 10.8 Å². The summed E-state index contributed by atoms with van der Waals surface area (Å²) in [5.41, 5.74) is 1.43. The summed E-state index contributed by atoms with van der Waals surface area (Å²) in [4.78, 5) is 22.4. The first-order valence-electron chi connectivity index (χ1n) is 11.1. The monoisotopic (exact) mass is 402 g/mol. The summed E-state index contributed by atoms with van der Waals surface area (Å²) in [5, 5.41) is 28.5. The Morgan fingerprint density at radius 2 is 1.10 bits per heavy atom. The fraction of sp³-hybridized carbons (Fsp3) is 0.667. The average molecular weight is 403 g/mol. The van der Waals surface area contributed by atoms with Crippen LogP contribution in [-0.2, 0) is 22.4 Å². The van der Waals surface area contributed by atoms with Crippen LogP contribution in [0.1, 0.15) is 88.2 Å². The molecular formula is C24H34O5. The van der Waals surface area contributed by atoms with Gasteiger partial charge in [-0.1, -0.05) is 31.7 Å². The lowest BCUT2D eigenvalue weighted by Gasteiger charge is -2.10. The topological polar surface area (TPSA) is 94.8 Å². The summed E-state index contributed by atoms with van der Waals surface area (Å²) in [6.07, 6.45) is 12.7.